The SMILES string of the molecule is CC(C)CC(C(=O)O)C(Cc1ccc(CN)c(F)c1)c1nn[nH]n1. The highest BCUT2D eigenvalue weighted by molar-refractivity contribution is 5.71. The molecule has 1 aromatic carbocycles. The molecule has 1 heterocycles. The van der Waals surface area contributed by atoms with Gasteiger partial charge in [0.15, 0.2) is 5.82 Å². The number of carboxylic acid groups (broad SMARTS) is 1. The zero-order valence-corrected chi connectivity index (χ0v) is 13.7. The third-order valence-electron chi connectivity index (χ3n) is 4.01. The van der Waals surface area contributed by atoms with Gasteiger partial charge >= 0.3 is 5.97 Å². The van der Waals surface area contributed by atoms with Crippen molar-refractivity contribution in [1.29, 1.82) is 0 Å². The Bertz CT molecular complexity index is 675. The van der Waals surface area contributed by atoms with Gasteiger partial charge in [-0.1, -0.05) is 31.2 Å². The molecule has 0 radical (unpaired) electrons. The van der Waals surface area contributed by atoms with Crippen molar-refractivity contribution < 1.29 is 14.3 Å². The van der Waals surface area contributed by atoms with Crippen LogP contribution >= 0.6 is 0 Å². The van der Waals surface area contributed by atoms with E-state index >= 15 is 0 Å². The summed E-state index contributed by atoms with van der Waals surface area (Å²) in [6, 6.07) is 4.77. The molecule has 2 aromatic rings. The van der Waals surface area contributed by atoms with Crippen molar-refractivity contribution in [2.45, 2.75) is 39.2 Å². The number of aromatic amines is 1. The number of rotatable bonds is 8. The standard InChI is InChI=1S/C16H22FN5O2/c1-9(2)5-13(16(23)24)12(15-19-21-22-20-15)6-10-3-4-11(8-18)14(17)7-10/h3-4,7,9,12-13H,5-6,8,18H2,1-2H3,(H,23,24)(H,19,20,21,22). The van der Waals surface area contributed by atoms with Gasteiger partial charge in [-0.05, 0) is 30.4 Å². The zero-order valence-electron chi connectivity index (χ0n) is 13.7. The van der Waals surface area contributed by atoms with Crippen LogP contribution in [0.4, 0.5) is 4.39 Å². The summed E-state index contributed by atoms with van der Waals surface area (Å²) in [5.74, 6) is -1.97. The topological polar surface area (TPSA) is 118 Å². The molecular formula is C16H22FN5O2. The highest BCUT2D eigenvalue weighted by atomic mass is 19.1. The minimum absolute atomic E-state index is 0.117. The van der Waals surface area contributed by atoms with E-state index in [1.54, 1.807) is 12.1 Å². The maximum Gasteiger partial charge on any atom is 0.307 e. The average Bonchev–Trinajstić information content (AvgIpc) is 3.04. The van der Waals surface area contributed by atoms with E-state index in [4.69, 9.17) is 5.73 Å². The minimum Gasteiger partial charge on any atom is -0.481 e. The summed E-state index contributed by atoms with van der Waals surface area (Å²) in [5, 5.41) is 23.4. The van der Waals surface area contributed by atoms with E-state index in [1.807, 2.05) is 13.8 Å². The van der Waals surface area contributed by atoms with Crippen molar-refractivity contribution >= 4 is 5.97 Å². The van der Waals surface area contributed by atoms with E-state index in [0.717, 1.165) is 0 Å². The first-order chi connectivity index (χ1) is 11.4. The Morgan fingerprint density at radius 2 is 2.17 bits per heavy atom. The number of halogens is 1. The van der Waals surface area contributed by atoms with E-state index in [1.165, 1.54) is 6.07 Å². The van der Waals surface area contributed by atoms with E-state index in [9.17, 15) is 14.3 Å². The molecule has 0 amide bonds. The Labute approximate surface area is 139 Å². The van der Waals surface area contributed by atoms with Gasteiger partial charge in [0.25, 0.3) is 0 Å². The van der Waals surface area contributed by atoms with E-state index in [0.29, 0.717) is 29.8 Å². The Hall–Kier alpha value is -2.35. The second-order valence-corrected chi connectivity index (χ2v) is 6.28. The van der Waals surface area contributed by atoms with Gasteiger partial charge in [-0.2, -0.15) is 5.21 Å². The Morgan fingerprint density at radius 3 is 2.67 bits per heavy atom. The number of aromatic nitrogens is 4. The smallest absolute Gasteiger partial charge is 0.307 e. The summed E-state index contributed by atoms with van der Waals surface area (Å²) in [4.78, 5) is 11.8. The fourth-order valence-electron chi connectivity index (χ4n) is 2.82. The monoisotopic (exact) mass is 335 g/mol. The Kier molecular flexibility index (Phi) is 5.97. The van der Waals surface area contributed by atoms with Gasteiger partial charge in [0.2, 0.25) is 0 Å². The second-order valence-electron chi connectivity index (χ2n) is 6.28. The number of nitrogens with one attached hydrogen (secondary N) is 1. The maximum absolute atomic E-state index is 14.0. The third kappa shape index (κ3) is 4.35. The molecule has 8 heteroatoms. The summed E-state index contributed by atoms with van der Waals surface area (Å²) >= 11 is 0. The molecule has 2 rings (SSSR count). The predicted octanol–water partition coefficient (Wildman–Crippen LogP) is 1.87. The lowest BCUT2D eigenvalue weighted by molar-refractivity contribution is -0.143. The van der Waals surface area contributed by atoms with E-state index in [-0.39, 0.29) is 12.5 Å². The highest BCUT2D eigenvalue weighted by Gasteiger charge is 2.33. The van der Waals surface area contributed by atoms with Crippen molar-refractivity contribution in [2.75, 3.05) is 0 Å². The van der Waals surface area contributed by atoms with Gasteiger partial charge in [0, 0.05) is 18.0 Å². The van der Waals surface area contributed by atoms with Crippen LogP contribution < -0.4 is 5.73 Å². The summed E-state index contributed by atoms with van der Waals surface area (Å²) in [6.07, 6.45) is 0.781. The van der Waals surface area contributed by atoms with Crippen molar-refractivity contribution in [1.82, 2.24) is 20.6 Å². The van der Waals surface area contributed by atoms with Crippen LogP contribution in [-0.4, -0.2) is 31.7 Å². The molecule has 0 saturated carbocycles. The molecular weight excluding hydrogens is 313 g/mol. The first kappa shape index (κ1) is 18.0. The molecule has 7 nitrogen and oxygen atoms in total. The second kappa shape index (κ2) is 7.96. The number of carbonyl (C=O) groups is 1. The number of carboxylic acids is 1. The van der Waals surface area contributed by atoms with Gasteiger partial charge < -0.3 is 10.8 Å². The van der Waals surface area contributed by atoms with E-state index < -0.39 is 23.6 Å². The van der Waals surface area contributed by atoms with Gasteiger partial charge in [0.05, 0.1) is 5.92 Å². The van der Waals surface area contributed by atoms with Crippen LogP contribution in [0.2, 0.25) is 0 Å². The first-order valence-electron chi connectivity index (χ1n) is 7.85. The normalized spacial score (nSPS) is 13.9. The molecule has 0 fully saturated rings. The molecule has 2 unspecified atom stereocenters. The van der Waals surface area contributed by atoms with Crippen LogP contribution in [0.3, 0.4) is 0 Å². The molecule has 0 aliphatic heterocycles. The molecule has 130 valence electrons. The van der Waals surface area contributed by atoms with Crippen molar-refractivity contribution in [2.24, 2.45) is 17.6 Å². The fourth-order valence-corrected chi connectivity index (χ4v) is 2.82. The Morgan fingerprint density at radius 1 is 1.42 bits per heavy atom. The summed E-state index contributed by atoms with van der Waals surface area (Å²) in [6.45, 7) is 4.03. The number of benzene rings is 1. The number of aliphatic carboxylic acids is 1. The summed E-state index contributed by atoms with van der Waals surface area (Å²) in [7, 11) is 0. The van der Waals surface area contributed by atoms with Crippen molar-refractivity contribution in [3.8, 4) is 0 Å². The summed E-state index contributed by atoms with van der Waals surface area (Å²) in [5.41, 5.74) is 6.57. The maximum atomic E-state index is 14.0. The third-order valence-corrected chi connectivity index (χ3v) is 4.01. The van der Waals surface area contributed by atoms with Crippen molar-refractivity contribution in [3.63, 3.8) is 0 Å². The number of hydrogen-bond acceptors (Lipinski definition) is 5. The lowest BCUT2D eigenvalue weighted by Gasteiger charge is -2.23. The first-order valence-corrected chi connectivity index (χ1v) is 7.85. The summed E-state index contributed by atoms with van der Waals surface area (Å²) < 4.78 is 14.0. The Balaban J connectivity index is 2.33. The van der Waals surface area contributed by atoms with Gasteiger partial charge in [-0.3, -0.25) is 4.79 Å². The molecule has 0 saturated heterocycles. The number of H-pyrrole nitrogens is 1. The molecule has 2 atom stereocenters. The predicted molar refractivity (Wildman–Crippen MR) is 85.5 cm³/mol. The molecule has 0 bridgehead atoms. The van der Waals surface area contributed by atoms with Crippen LogP contribution in [0.15, 0.2) is 18.2 Å². The van der Waals surface area contributed by atoms with Crippen LogP contribution in [-0.2, 0) is 17.8 Å². The lowest BCUT2D eigenvalue weighted by atomic mass is 9.81. The van der Waals surface area contributed by atoms with Crippen LogP contribution in [0.1, 0.15) is 43.1 Å². The molecule has 0 aliphatic carbocycles. The number of nitrogens with two attached hydrogens (primary N) is 1. The minimum atomic E-state index is -0.919. The van der Waals surface area contributed by atoms with E-state index in [2.05, 4.69) is 20.6 Å². The van der Waals surface area contributed by atoms with Crippen LogP contribution in [0.25, 0.3) is 0 Å². The van der Waals surface area contributed by atoms with Crippen LogP contribution in [0, 0.1) is 17.7 Å². The largest absolute Gasteiger partial charge is 0.481 e. The number of hydrogen-bond donors (Lipinski definition) is 3. The average molecular weight is 335 g/mol. The molecule has 4 N–H and O–H groups in total. The van der Waals surface area contributed by atoms with Crippen LogP contribution in [0.5, 0.6) is 0 Å². The quantitative estimate of drug-likeness (QED) is 0.678. The number of tetrazole rings is 1. The molecule has 24 heavy (non-hydrogen) atoms. The van der Waals surface area contributed by atoms with Gasteiger partial charge in [0.1, 0.15) is 5.82 Å². The number of nitrogens with zero attached hydrogens (tertiary/aromatic N) is 3. The fraction of sp³-hybridized carbons (Fsp3) is 0.500. The zero-order chi connectivity index (χ0) is 17.7. The molecule has 0 spiro atoms. The lowest BCUT2D eigenvalue weighted by Crippen LogP contribution is -2.26. The van der Waals surface area contributed by atoms with Crippen molar-refractivity contribution in [3.05, 3.63) is 41.0 Å². The highest BCUT2D eigenvalue weighted by Crippen LogP contribution is 2.31. The van der Waals surface area contributed by atoms with Gasteiger partial charge in [-0.25, -0.2) is 4.39 Å². The molecule has 0 aliphatic rings. The molecule has 1 aromatic heterocycles. The van der Waals surface area contributed by atoms with Gasteiger partial charge in [-0.15, -0.1) is 10.2 Å².